The fraction of sp³-hybridized carbons (Fsp3) is 1.00. The fourth-order valence-electron chi connectivity index (χ4n) is 4.69. The van der Waals surface area contributed by atoms with Crippen molar-refractivity contribution in [3.63, 3.8) is 0 Å². The molecule has 1 N–H and O–H groups in total. The molecule has 2 nitrogen and oxygen atoms in total. The largest absolute Gasteiger partial charge is 0.390 e. The Bertz CT molecular complexity index is 252. The van der Waals surface area contributed by atoms with Gasteiger partial charge in [0.1, 0.15) is 0 Å². The van der Waals surface area contributed by atoms with Crippen molar-refractivity contribution in [1.82, 2.24) is 4.90 Å². The van der Waals surface area contributed by atoms with Gasteiger partial charge < -0.3 is 10.0 Å². The molecule has 0 spiro atoms. The quantitative estimate of drug-likeness (QED) is 0.634. The van der Waals surface area contributed by atoms with E-state index in [1.165, 1.54) is 19.3 Å². The summed E-state index contributed by atoms with van der Waals surface area (Å²) in [6, 6.07) is 0. The van der Waals surface area contributed by atoms with Crippen molar-refractivity contribution < 1.29 is 5.11 Å². The van der Waals surface area contributed by atoms with Crippen molar-refractivity contribution in [1.29, 1.82) is 0 Å². The third kappa shape index (κ3) is 1.55. The second-order valence-electron chi connectivity index (χ2n) is 6.30. The second-order valence-corrected chi connectivity index (χ2v) is 6.30. The van der Waals surface area contributed by atoms with Crippen molar-refractivity contribution in [2.24, 2.45) is 11.8 Å². The van der Waals surface area contributed by atoms with E-state index in [-0.39, 0.29) is 14.0 Å². The van der Waals surface area contributed by atoms with Gasteiger partial charge in [-0.2, -0.15) is 0 Å². The van der Waals surface area contributed by atoms with Crippen molar-refractivity contribution in [2.75, 3.05) is 14.1 Å². The summed E-state index contributed by atoms with van der Waals surface area (Å²) in [6.07, 6.45) is 7.24. The van der Waals surface area contributed by atoms with Gasteiger partial charge in [-0.15, -0.1) is 0 Å². The first kappa shape index (κ1) is 11.5. The highest BCUT2D eigenvalue weighted by atomic mass is 16.3. The minimum Gasteiger partial charge on any atom is -0.390 e. The van der Waals surface area contributed by atoms with E-state index in [0.717, 1.165) is 31.1 Å². The van der Waals surface area contributed by atoms with Crippen LogP contribution in [0.5, 0.6) is 0 Å². The van der Waals surface area contributed by atoms with Crippen LogP contribution in [0.15, 0.2) is 0 Å². The summed E-state index contributed by atoms with van der Waals surface area (Å²) in [4.78, 5) is 2.38. The SMILES string of the molecule is B.CN(C)C12CC3CC(CC(O)(C3)C1)C2. The lowest BCUT2D eigenvalue weighted by Gasteiger charge is -2.62. The summed E-state index contributed by atoms with van der Waals surface area (Å²) < 4.78 is 0. The van der Waals surface area contributed by atoms with Gasteiger partial charge in [0.2, 0.25) is 0 Å². The summed E-state index contributed by atoms with van der Waals surface area (Å²) in [5.41, 5.74) is 0.0488. The minimum atomic E-state index is -0.297. The van der Waals surface area contributed by atoms with Gasteiger partial charge in [0.05, 0.1) is 14.0 Å². The maximum atomic E-state index is 10.5. The zero-order valence-corrected chi connectivity index (χ0v) is 9.29. The van der Waals surface area contributed by atoms with E-state index in [2.05, 4.69) is 19.0 Å². The van der Waals surface area contributed by atoms with E-state index in [1.54, 1.807) is 0 Å². The Morgan fingerprint density at radius 1 is 1.07 bits per heavy atom. The average Bonchev–Trinajstić information content (AvgIpc) is 1.98. The number of hydrogen-bond acceptors (Lipinski definition) is 2. The molecular weight excluding hydrogens is 185 g/mol. The summed E-state index contributed by atoms with van der Waals surface area (Å²) >= 11 is 0. The summed E-state index contributed by atoms with van der Waals surface area (Å²) in [6.45, 7) is 0. The molecule has 4 saturated carbocycles. The van der Waals surface area contributed by atoms with Crippen molar-refractivity contribution in [3.05, 3.63) is 0 Å². The number of rotatable bonds is 1. The summed E-state index contributed by atoms with van der Waals surface area (Å²) in [5, 5.41) is 10.5. The van der Waals surface area contributed by atoms with Gasteiger partial charge >= 0.3 is 0 Å². The van der Waals surface area contributed by atoms with E-state index in [0.29, 0.717) is 5.54 Å². The van der Waals surface area contributed by atoms with Crippen LogP contribution in [0.1, 0.15) is 38.5 Å². The van der Waals surface area contributed by atoms with Crippen LogP contribution in [0.4, 0.5) is 0 Å². The van der Waals surface area contributed by atoms with Crippen molar-refractivity contribution >= 4 is 8.41 Å². The lowest BCUT2D eigenvalue weighted by molar-refractivity contribution is -0.167. The predicted molar refractivity (Wildman–Crippen MR) is 66.0 cm³/mol. The van der Waals surface area contributed by atoms with E-state index in [1.807, 2.05) is 0 Å². The van der Waals surface area contributed by atoms with Crippen LogP contribution < -0.4 is 0 Å². The first-order valence-corrected chi connectivity index (χ1v) is 5.91. The standard InChI is InChI=1S/C12H21NO.BH3/c1-13(2)11-4-9-3-10(5-11)7-12(14,6-9)8-11;/h9-10,14H,3-8H2,1-2H3;1H3. The Hall–Kier alpha value is -0.0151. The zero-order chi connectivity index (χ0) is 9.97. The number of hydrogen-bond donors (Lipinski definition) is 1. The molecule has 4 aliphatic carbocycles. The lowest BCUT2D eigenvalue weighted by Crippen LogP contribution is -2.63. The molecule has 4 fully saturated rings. The van der Waals surface area contributed by atoms with E-state index < -0.39 is 0 Å². The first-order valence-electron chi connectivity index (χ1n) is 5.91. The number of nitrogens with zero attached hydrogens (tertiary/aromatic N) is 1. The minimum absolute atomic E-state index is 0. The zero-order valence-electron chi connectivity index (χ0n) is 9.29. The predicted octanol–water partition coefficient (Wildman–Crippen LogP) is 0.448. The van der Waals surface area contributed by atoms with Gasteiger partial charge in [0, 0.05) is 5.54 Å². The van der Waals surface area contributed by atoms with Crippen molar-refractivity contribution in [2.45, 2.75) is 49.7 Å². The third-order valence-corrected chi connectivity index (χ3v) is 4.95. The topological polar surface area (TPSA) is 23.5 Å². The van der Waals surface area contributed by atoms with Crippen LogP contribution in [0, 0.1) is 11.8 Å². The molecule has 0 radical (unpaired) electrons. The molecule has 0 aromatic rings. The highest BCUT2D eigenvalue weighted by Gasteiger charge is 2.57. The van der Waals surface area contributed by atoms with Crippen LogP contribution in [-0.2, 0) is 0 Å². The van der Waals surface area contributed by atoms with Gasteiger partial charge in [-0.05, 0) is 64.5 Å². The smallest absolute Gasteiger partial charge is 0.0814 e. The molecule has 4 rings (SSSR count). The molecule has 4 bridgehead atoms. The van der Waals surface area contributed by atoms with Gasteiger partial charge in [-0.3, -0.25) is 0 Å². The van der Waals surface area contributed by atoms with Gasteiger partial charge in [0.25, 0.3) is 0 Å². The van der Waals surface area contributed by atoms with Crippen LogP contribution >= 0.6 is 0 Å². The highest BCUT2D eigenvalue weighted by molar-refractivity contribution is 5.75. The maximum Gasteiger partial charge on any atom is 0.0814 e. The molecule has 0 heterocycles. The van der Waals surface area contributed by atoms with Gasteiger partial charge in [-0.25, -0.2) is 0 Å². The van der Waals surface area contributed by atoms with Crippen LogP contribution in [0.2, 0.25) is 0 Å². The maximum absolute atomic E-state index is 10.5. The average molecular weight is 209 g/mol. The molecule has 4 aliphatic rings. The Morgan fingerprint density at radius 3 is 2.00 bits per heavy atom. The Morgan fingerprint density at radius 2 is 1.60 bits per heavy atom. The molecule has 0 aromatic heterocycles. The molecule has 0 aliphatic heterocycles. The van der Waals surface area contributed by atoms with Crippen LogP contribution in [0.25, 0.3) is 0 Å². The molecule has 3 heteroatoms. The third-order valence-electron chi connectivity index (χ3n) is 4.95. The molecule has 0 aromatic carbocycles. The molecule has 0 saturated heterocycles. The molecule has 2 unspecified atom stereocenters. The normalized spacial score (nSPS) is 52.0. The van der Waals surface area contributed by atoms with E-state index in [9.17, 15) is 5.11 Å². The fourth-order valence-corrected chi connectivity index (χ4v) is 4.69. The molecule has 2 atom stereocenters. The van der Waals surface area contributed by atoms with E-state index in [4.69, 9.17) is 0 Å². The highest BCUT2D eigenvalue weighted by Crippen LogP contribution is 2.58. The number of aliphatic hydroxyl groups is 1. The monoisotopic (exact) mass is 209 g/mol. The summed E-state index contributed by atoms with van der Waals surface area (Å²) in [7, 11) is 4.38. The van der Waals surface area contributed by atoms with Gasteiger partial charge in [0.15, 0.2) is 0 Å². The summed E-state index contributed by atoms with van der Waals surface area (Å²) in [5.74, 6) is 1.62. The van der Waals surface area contributed by atoms with Crippen molar-refractivity contribution in [3.8, 4) is 0 Å². The molecule has 0 amide bonds. The molecule has 15 heavy (non-hydrogen) atoms. The Labute approximate surface area is 94.6 Å². The lowest BCUT2D eigenvalue weighted by atomic mass is 9.51. The van der Waals surface area contributed by atoms with Gasteiger partial charge in [-0.1, -0.05) is 0 Å². The first-order chi connectivity index (χ1) is 6.51. The van der Waals surface area contributed by atoms with Crippen LogP contribution in [0.3, 0.4) is 0 Å². The Balaban J connectivity index is 0.000000853. The van der Waals surface area contributed by atoms with Crippen LogP contribution in [-0.4, -0.2) is 43.7 Å². The Kier molecular flexibility index (Phi) is 2.48. The molecular formula is C12H24BNO. The van der Waals surface area contributed by atoms with E-state index >= 15 is 0 Å². The molecule has 86 valence electrons. The second kappa shape index (κ2) is 3.24.